The molecule has 1 amide bonds. The van der Waals surface area contributed by atoms with Crippen molar-refractivity contribution < 1.29 is 14.7 Å². The van der Waals surface area contributed by atoms with Gasteiger partial charge >= 0.3 is 5.97 Å². The monoisotopic (exact) mass is 188 g/mol. The second-order valence-corrected chi connectivity index (χ2v) is 1.65. The number of nitrogens with one attached hydrogen (secondary N) is 1. The number of carboxylic acids is 1. The van der Waals surface area contributed by atoms with Crippen LogP contribution in [-0.4, -0.2) is 31.1 Å². The van der Waals surface area contributed by atoms with Crippen molar-refractivity contribution >= 4 is 11.9 Å². The maximum atomic E-state index is 9.47. The van der Waals surface area contributed by atoms with Crippen molar-refractivity contribution in [2.75, 3.05) is 14.1 Å². The third-order valence-electron chi connectivity index (χ3n) is 0.376. The lowest BCUT2D eigenvalue weighted by Crippen LogP contribution is -2.04. The largest absolute Gasteiger partial charge is 0.478 e. The fourth-order valence-electron chi connectivity index (χ4n) is 0. The van der Waals surface area contributed by atoms with E-state index in [1.165, 1.54) is 0 Å². The molecule has 0 spiro atoms. The number of rotatable bonds is 2. The molecule has 0 rings (SSSR count). The number of amides is 1. The number of aliphatic carboxylic acids is 1. The van der Waals surface area contributed by atoms with Crippen LogP contribution in [0.1, 0.15) is 0 Å². The molecule has 4 N–H and O–H groups in total. The lowest BCUT2D eigenvalue weighted by Gasteiger charge is -1.65. The molecule has 0 fully saturated rings. The van der Waals surface area contributed by atoms with Crippen LogP contribution in [0.3, 0.4) is 0 Å². The van der Waals surface area contributed by atoms with Crippen LogP contribution in [0.25, 0.3) is 0 Å². The summed E-state index contributed by atoms with van der Waals surface area (Å²) in [6.07, 6.45) is 1.89. The molecule has 5 nitrogen and oxygen atoms in total. The summed E-state index contributed by atoms with van der Waals surface area (Å²) >= 11 is 0. The van der Waals surface area contributed by atoms with Crippen LogP contribution < -0.4 is 11.1 Å². The Morgan fingerprint density at radius 3 is 1.46 bits per heavy atom. The van der Waals surface area contributed by atoms with E-state index in [1.54, 1.807) is 0 Å². The molecule has 0 aromatic heterocycles. The maximum Gasteiger partial charge on any atom is 0.327 e. The Bertz CT molecular complexity index is 149. The van der Waals surface area contributed by atoms with Crippen molar-refractivity contribution in [3.63, 3.8) is 0 Å². The number of carbonyl (C=O) groups excluding carboxylic acids is 1. The smallest absolute Gasteiger partial charge is 0.327 e. The summed E-state index contributed by atoms with van der Waals surface area (Å²) in [5.41, 5.74) is 4.53. The van der Waals surface area contributed by atoms with Crippen molar-refractivity contribution in [1.29, 1.82) is 0 Å². The molecule has 0 atom stereocenters. The van der Waals surface area contributed by atoms with Gasteiger partial charge in [0.15, 0.2) is 0 Å². The maximum absolute atomic E-state index is 9.47. The second-order valence-electron chi connectivity index (χ2n) is 1.65. The number of nitrogens with two attached hydrogens (primary N) is 1. The summed E-state index contributed by atoms with van der Waals surface area (Å²) in [6, 6.07) is 0. The van der Waals surface area contributed by atoms with E-state index in [1.807, 2.05) is 14.1 Å². The Balaban J connectivity index is -0.000000120. The minimum atomic E-state index is -0.981. The van der Waals surface area contributed by atoms with Crippen LogP contribution in [0.4, 0.5) is 0 Å². The molecule has 0 saturated heterocycles. The zero-order valence-electron chi connectivity index (χ0n) is 7.91. The molecule has 0 aliphatic heterocycles. The number of hydrogen-bond acceptors (Lipinski definition) is 3. The standard InChI is InChI=1S/C3H5NO.C3H4O2.C2H7N/c2*1-2-3(4)5;1-3-2/h2H,1H2,(H2,4,5);2H,1H2,(H,4,5);3H,1-2H3. The Morgan fingerprint density at radius 2 is 1.46 bits per heavy atom. The fraction of sp³-hybridized carbons (Fsp3) is 0.250. The zero-order chi connectivity index (χ0) is 11.3. The Hall–Kier alpha value is -1.62. The number of hydrogen-bond donors (Lipinski definition) is 3. The van der Waals surface area contributed by atoms with Gasteiger partial charge in [-0.3, -0.25) is 4.79 Å². The van der Waals surface area contributed by atoms with Crippen LogP contribution in [0.2, 0.25) is 0 Å². The van der Waals surface area contributed by atoms with Gasteiger partial charge in [0.1, 0.15) is 0 Å². The Kier molecular flexibility index (Phi) is 22.5. The lowest BCUT2D eigenvalue weighted by molar-refractivity contribution is -0.131. The Morgan fingerprint density at radius 1 is 1.31 bits per heavy atom. The van der Waals surface area contributed by atoms with E-state index in [-0.39, 0.29) is 0 Å². The highest BCUT2D eigenvalue weighted by molar-refractivity contribution is 5.84. The molecular weight excluding hydrogens is 172 g/mol. The van der Waals surface area contributed by atoms with Gasteiger partial charge < -0.3 is 16.2 Å². The number of primary amides is 1. The molecule has 0 aliphatic carbocycles. The van der Waals surface area contributed by atoms with E-state index in [4.69, 9.17) is 5.11 Å². The van der Waals surface area contributed by atoms with Crippen LogP contribution >= 0.6 is 0 Å². The van der Waals surface area contributed by atoms with Gasteiger partial charge in [0.2, 0.25) is 5.91 Å². The van der Waals surface area contributed by atoms with E-state index in [2.05, 4.69) is 24.2 Å². The van der Waals surface area contributed by atoms with Crippen LogP contribution in [0.15, 0.2) is 25.3 Å². The first-order valence-corrected chi connectivity index (χ1v) is 3.31. The molecule has 0 unspecified atom stereocenters. The Labute approximate surface area is 77.9 Å². The molecular formula is C8H16N2O3. The highest BCUT2D eigenvalue weighted by atomic mass is 16.4. The molecule has 0 aromatic rings. The number of carboxylic acid groups (broad SMARTS) is 1. The van der Waals surface area contributed by atoms with Gasteiger partial charge in [-0.05, 0) is 20.2 Å². The molecule has 0 bridgehead atoms. The molecule has 0 aromatic carbocycles. The van der Waals surface area contributed by atoms with Crippen LogP contribution in [-0.2, 0) is 9.59 Å². The first-order valence-electron chi connectivity index (χ1n) is 3.31. The summed E-state index contributed by atoms with van der Waals surface area (Å²) in [5, 5.41) is 10.4. The predicted molar refractivity (Wildman–Crippen MR) is 52.2 cm³/mol. The van der Waals surface area contributed by atoms with E-state index >= 15 is 0 Å². The molecule has 0 heterocycles. The van der Waals surface area contributed by atoms with Crippen molar-refractivity contribution in [3.05, 3.63) is 25.3 Å². The summed E-state index contributed by atoms with van der Waals surface area (Å²) in [6.45, 7) is 6.05. The van der Waals surface area contributed by atoms with E-state index < -0.39 is 11.9 Å². The predicted octanol–water partition coefficient (Wildman–Crippen LogP) is -0.250. The van der Waals surface area contributed by atoms with Gasteiger partial charge in [-0.25, -0.2) is 4.79 Å². The normalized spacial score (nSPS) is 6.31. The third-order valence-corrected chi connectivity index (χ3v) is 0.376. The first-order chi connectivity index (χ1) is 5.95. The van der Waals surface area contributed by atoms with Crippen molar-refractivity contribution in [3.8, 4) is 0 Å². The minimum absolute atomic E-state index is 0.481. The fourth-order valence-corrected chi connectivity index (χ4v) is 0. The summed E-state index contributed by atoms with van der Waals surface area (Å²) in [7, 11) is 3.75. The highest BCUT2D eigenvalue weighted by Crippen LogP contribution is 1.54. The van der Waals surface area contributed by atoms with E-state index in [0.29, 0.717) is 0 Å². The number of carbonyl (C=O) groups is 2. The quantitative estimate of drug-likeness (QED) is 0.521. The minimum Gasteiger partial charge on any atom is -0.478 e. The van der Waals surface area contributed by atoms with Gasteiger partial charge in [-0.2, -0.15) is 0 Å². The van der Waals surface area contributed by atoms with Crippen molar-refractivity contribution in [2.45, 2.75) is 0 Å². The van der Waals surface area contributed by atoms with Gasteiger partial charge in [-0.1, -0.05) is 13.2 Å². The zero-order valence-corrected chi connectivity index (χ0v) is 7.91. The van der Waals surface area contributed by atoms with Crippen LogP contribution in [0.5, 0.6) is 0 Å². The second kappa shape index (κ2) is 16.8. The van der Waals surface area contributed by atoms with E-state index in [9.17, 15) is 9.59 Å². The first kappa shape index (κ1) is 17.5. The van der Waals surface area contributed by atoms with Gasteiger partial charge in [0.05, 0.1) is 0 Å². The highest BCUT2D eigenvalue weighted by Gasteiger charge is 1.73. The molecule has 76 valence electrons. The van der Waals surface area contributed by atoms with Crippen LogP contribution in [0, 0.1) is 0 Å². The summed E-state index contributed by atoms with van der Waals surface area (Å²) < 4.78 is 0. The molecule has 5 heteroatoms. The lowest BCUT2D eigenvalue weighted by atomic mass is 10.6. The van der Waals surface area contributed by atoms with Crippen molar-refractivity contribution in [1.82, 2.24) is 5.32 Å². The summed E-state index contributed by atoms with van der Waals surface area (Å²) in [5.74, 6) is -1.46. The van der Waals surface area contributed by atoms with Gasteiger partial charge in [0, 0.05) is 6.08 Å². The average Bonchev–Trinajstić information content (AvgIpc) is 2.07. The topological polar surface area (TPSA) is 92.4 Å². The third kappa shape index (κ3) is 129. The molecule has 0 aliphatic rings. The SMILES string of the molecule is C=CC(=O)O.C=CC(N)=O.CNC. The molecule has 0 saturated carbocycles. The molecule has 0 radical (unpaired) electrons. The molecule has 13 heavy (non-hydrogen) atoms. The van der Waals surface area contributed by atoms with Gasteiger partial charge in [0.25, 0.3) is 0 Å². The van der Waals surface area contributed by atoms with Gasteiger partial charge in [-0.15, -0.1) is 0 Å². The van der Waals surface area contributed by atoms with E-state index in [0.717, 1.165) is 12.2 Å². The summed E-state index contributed by atoms with van der Waals surface area (Å²) in [4.78, 5) is 18.7. The average molecular weight is 188 g/mol. The van der Waals surface area contributed by atoms with Crippen molar-refractivity contribution in [2.24, 2.45) is 5.73 Å².